The zero-order valence-electron chi connectivity index (χ0n) is 11.0. The van der Waals surface area contributed by atoms with E-state index in [1.807, 2.05) is 26.0 Å². The van der Waals surface area contributed by atoms with Crippen molar-refractivity contribution in [2.45, 2.75) is 30.8 Å². The molecule has 0 saturated heterocycles. The Morgan fingerprint density at radius 3 is 2.53 bits per heavy atom. The molecule has 1 aromatic heterocycles. The van der Waals surface area contributed by atoms with Crippen molar-refractivity contribution >= 4 is 17.7 Å². The number of nitrogens with zero attached hydrogens (tertiary/aromatic N) is 2. The van der Waals surface area contributed by atoms with Gasteiger partial charge in [-0.1, -0.05) is 17.7 Å². The first-order valence-electron chi connectivity index (χ1n) is 5.80. The molecule has 19 heavy (non-hydrogen) atoms. The van der Waals surface area contributed by atoms with Gasteiger partial charge in [0.1, 0.15) is 0 Å². The lowest BCUT2D eigenvalue weighted by Gasteiger charge is -2.06. The summed E-state index contributed by atoms with van der Waals surface area (Å²) < 4.78 is 0. The summed E-state index contributed by atoms with van der Waals surface area (Å²) >= 11 is 1.38. The average Bonchev–Trinajstić information content (AvgIpc) is 2.32. The molecule has 0 bridgehead atoms. The molecule has 0 aliphatic rings. The molecular weight excluding hydrogens is 260 g/mol. The van der Waals surface area contributed by atoms with Crippen LogP contribution in [0.1, 0.15) is 27.3 Å². The number of aromatic nitrogens is 2. The van der Waals surface area contributed by atoms with E-state index >= 15 is 0 Å². The van der Waals surface area contributed by atoms with E-state index in [4.69, 9.17) is 5.11 Å². The third-order valence-corrected chi connectivity index (χ3v) is 3.63. The average molecular weight is 274 g/mol. The topological polar surface area (TPSA) is 63.1 Å². The molecule has 98 valence electrons. The monoisotopic (exact) mass is 274 g/mol. The van der Waals surface area contributed by atoms with Crippen molar-refractivity contribution in [2.75, 3.05) is 0 Å². The van der Waals surface area contributed by atoms with E-state index in [1.165, 1.54) is 23.4 Å². The van der Waals surface area contributed by atoms with Gasteiger partial charge in [-0.2, -0.15) is 0 Å². The Balaban J connectivity index is 2.35. The first-order chi connectivity index (χ1) is 8.95. The summed E-state index contributed by atoms with van der Waals surface area (Å²) in [5, 5.41) is 9.45. The maximum absolute atomic E-state index is 11.0. The Morgan fingerprint density at radius 2 is 1.89 bits per heavy atom. The Kier molecular flexibility index (Phi) is 3.85. The molecule has 0 fully saturated rings. The zero-order valence-corrected chi connectivity index (χ0v) is 11.8. The van der Waals surface area contributed by atoms with Gasteiger partial charge >= 0.3 is 5.97 Å². The summed E-state index contributed by atoms with van der Waals surface area (Å²) in [5.41, 5.74) is 3.00. The molecule has 1 N–H and O–H groups in total. The molecule has 2 rings (SSSR count). The SMILES string of the molecule is Cc1ccc(Sc2nc(C)cc(C(=O)O)n2)c(C)c1. The highest BCUT2D eigenvalue weighted by Crippen LogP contribution is 2.28. The van der Waals surface area contributed by atoms with Gasteiger partial charge in [-0.25, -0.2) is 14.8 Å². The zero-order chi connectivity index (χ0) is 14.0. The number of aryl methyl sites for hydroxylation is 3. The first kappa shape index (κ1) is 13.5. The molecule has 0 aliphatic carbocycles. The van der Waals surface area contributed by atoms with Gasteiger partial charge in [0.15, 0.2) is 10.9 Å². The summed E-state index contributed by atoms with van der Waals surface area (Å²) in [5.74, 6) is -1.03. The fraction of sp³-hybridized carbons (Fsp3) is 0.214. The fourth-order valence-electron chi connectivity index (χ4n) is 1.71. The molecule has 1 heterocycles. The van der Waals surface area contributed by atoms with Crippen molar-refractivity contribution in [1.82, 2.24) is 9.97 Å². The first-order valence-corrected chi connectivity index (χ1v) is 6.61. The minimum absolute atomic E-state index is 0.0276. The van der Waals surface area contributed by atoms with Crippen LogP contribution in [0.4, 0.5) is 0 Å². The summed E-state index contributed by atoms with van der Waals surface area (Å²) in [6.07, 6.45) is 0. The molecule has 0 aliphatic heterocycles. The van der Waals surface area contributed by atoms with Crippen LogP contribution in [0.15, 0.2) is 34.3 Å². The number of carbonyl (C=O) groups is 1. The van der Waals surface area contributed by atoms with Crippen LogP contribution in [0, 0.1) is 20.8 Å². The Labute approximate surface area is 115 Å². The molecule has 5 heteroatoms. The van der Waals surface area contributed by atoms with Gasteiger partial charge in [-0.15, -0.1) is 0 Å². The van der Waals surface area contributed by atoms with Crippen LogP contribution in [0.3, 0.4) is 0 Å². The van der Waals surface area contributed by atoms with E-state index in [0.717, 1.165) is 10.5 Å². The lowest BCUT2D eigenvalue weighted by Crippen LogP contribution is -2.03. The van der Waals surface area contributed by atoms with E-state index < -0.39 is 5.97 Å². The number of hydrogen-bond acceptors (Lipinski definition) is 4. The molecule has 0 saturated carbocycles. The van der Waals surface area contributed by atoms with Crippen molar-refractivity contribution in [3.05, 3.63) is 46.8 Å². The highest BCUT2D eigenvalue weighted by atomic mass is 32.2. The molecule has 2 aromatic rings. The van der Waals surface area contributed by atoms with Crippen molar-refractivity contribution < 1.29 is 9.90 Å². The van der Waals surface area contributed by atoms with Gasteiger partial charge in [-0.05, 0) is 50.2 Å². The lowest BCUT2D eigenvalue weighted by molar-refractivity contribution is 0.0689. The lowest BCUT2D eigenvalue weighted by atomic mass is 10.2. The summed E-state index contributed by atoms with van der Waals surface area (Å²) in [4.78, 5) is 20.3. The predicted octanol–water partition coefficient (Wildman–Crippen LogP) is 3.25. The van der Waals surface area contributed by atoms with E-state index in [-0.39, 0.29) is 5.69 Å². The van der Waals surface area contributed by atoms with Crippen molar-refractivity contribution in [3.63, 3.8) is 0 Å². The number of benzene rings is 1. The smallest absolute Gasteiger partial charge is 0.354 e. The van der Waals surface area contributed by atoms with Crippen molar-refractivity contribution in [1.29, 1.82) is 0 Å². The minimum Gasteiger partial charge on any atom is -0.477 e. The predicted molar refractivity (Wildman–Crippen MR) is 73.8 cm³/mol. The maximum atomic E-state index is 11.0. The fourth-order valence-corrected chi connectivity index (χ4v) is 2.60. The molecule has 1 aromatic carbocycles. The van der Waals surface area contributed by atoms with E-state index in [9.17, 15) is 4.79 Å². The number of aromatic carboxylic acids is 1. The largest absolute Gasteiger partial charge is 0.477 e. The number of rotatable bonds is 3. The third kappa shape index (κ3) is 3.32. The summed E-state index contributed by atoms with van der Waals surface area (Å²) in [6, 6.07) is 7.56. The van der Waals surface area contributed by atoms with Gasteiger partial charge in [0.25, 0.3) is 0 Å². The second-order valence-electron chi connectivity index (χ2n) is 4.35. The van der Waals surface area contributed by atoms with Crippen LogP contribution >= 0.6 is 11.8 Å². The normalized spacial score (nSPS) is 10.5. The van der Waals surface area contributed by atoms with E-state index in [0.29, 0.717) is 10.9 Å². The minimum atomic E-state index is -1.03. The molecule has 4 nitrogen and oxygen atoms in total. The summed E-state index contributed by atoms with van der Waals surface area (Å²) in [6.45, 7) is 5.82. The van der Waals surface area contributed by atoms with Crippen LogP contribution < -0.4 is 0 Å². The van der Waals surface area contributed by atoms with Gasteiger partial charge in [0.2, 0.25) is 0 Å². The molecule has 0 atom stereocenters. The van der Waals surface area contributed by atoms with Crippen LogP contribution in [0.25, 0.3) is 0 Å². The second-order valence-corrected chi connectivity index (χ2v) is 5.36. The van der Waals surface area contributed by atoms with E-state index in [2.05, 4.69) is 16.0 Å². The molecule has 0 spiro atoms. The molecule has 0 unspecified atom stereocenters. The van der Waals surface area contributed by atoms with Crippen LogP contribution in [-0.4, -0.2) is 21.0 Å². The highest BCUT2D eigenvalue weighted by molar-refractivity contribution is 7.99. The Bertz CT molecular complexity index is 641. The third-order valence-electron chi connectivity index (χ3n) is 2.58. The maximum Gasteiger partial charge on any atom is 0.354 e. The van der Waals surface area contributed by atoms with Gasteiger partial charge < -0.3 is 5.11 Å². The molecular formula is C14H14N2O2S. The van der Waals surface area contributed by atoms with Crippen LogP contribution in [0.2, 0.25) is 0 Å². The number of carboxylic acids is 1. The molecule has 0 radical (unpaired) electrons. The quantitative estimate of drug-likeness (QED) is 0.870. The van der Waals surface area contributed by atoms with Gasteiger partial charge in [0, 0.05) is 10.6 Å². The van der Waals surface area contributed by atoms with Gasteiger partial charge in [-0.3, -0.25) is 0 Å². The van der Waals surface area contributed by atoms with Crippen molar-refractivity contribution in [2.24, 2.45) is 0 Å². The van der Waals surface area contributed by atoms with E-state index in [1.54, 1.807) is 6.92 Å². The van der Waals surface area contributed by atoms with Crippen LogP contribution in [0.5, 0.6) is 0 Å². The second kappa shape index (κ2) is 5.40. The highest BCUT2D eigenvalue weighted by Gasteiger charge is 2.10. The Morgan fingerprint density at radius 1 is 1.16 bits per heavy atom. The van der Waals surface area contributed by atoms with Gasteiger partial charge in [0.05, 0.1) is 0 Å². The Hall–Kier alpha value is -1.88. The van der Waals surface area contributed by atoms with Crippen molar-refractivity contribution in [3.8, 4) is 0 Å². The van der Waals surface area contributed by atoms with Crippen LogP contribution in [-0.2, 0) is 0 Å². The summed E-state index contributed by atoms with van der Waals surface area (Å²) in [7, 11) is 0. The number of carboxylic acid groups (broad SMARTS) is 1. The number of hydrogen-bond donors (Lipinski definition) is 1. The molecule has 0 amide bonds. The standard InChI is InChI=1S/C14H14N2O2S/c1-8-4-5-12(9(2)6-8)19-14-15-10(3)7-11(16-14)13(17)18/h4-7H,1-3H3,(H,17,18).